The first kappa shape index (κ1) is 14.0. The van der Waals surface area contributed by atoms with Crippen LogP contribution in [0.4, 0.5) is 0 Å². The SMILES string of the molecule is Cc1ccnc2c1nc(SCC(=O)O)n2Cc1nccs1. The van der Waals surface area contributed by atoms with E-state index in [1.807, 2.05) is 22.9 Å². The van der Waals surface area contributed by atoms with E-state index in [9.17, 15) is 4.79 Å². The van der Waals surface area contributed by atoms with Gasteiger partial charge in [0.2, 0.25) is 0 Å². The number of pyridine rings is 1. The highest BCUT2D eigenvalue weighted by Crippen LogP contribution is 2.26. The molecule has 0 radical (unpaired) electrons. The summed E-state index contributed by atoms with van der Waals surface area (Å²) in [5.41, 5.74) is 2.59. The van der Waals surface area contributed by atoms with Gasteiger partial charge in [-0.05, 0) is 18.6 Å². The molecule has 3 aromatic heterocycles. The lowest BCUT2D eigenvalue weighted by Gasteiger charge is -2.05. The zero-order valence-corrected chi connectivity index (χ0v) is 12.8. The Morgan fingerprint density at radius 1 is 1.43 bits per heavy atom. The monoisotopic (exact) mass is 320 g/mol. The average molecular weight is 320 g/mol. The highest BCUT2D eigenvalue weighted by molar-refractivity contribution is 7.99. The van der Waals surface area contributed by atoms with Crippen molar-refractivity contribution in [1.82, 2.24) is 19.5 Å². The van der Waals surface area contributed by atoms with Crippen molar-refractivity contribution in [1.29, 1.82) is 0 Å². The number of thioether (sulfide) groups is 1. The van der Waals surface area contributed by atoms with E-state index in [1.54, 1.807) is 23.7 Å². The van der Waals surface area contributed by atoms with Gasteiger partial charge in [-0.2, -0.15) is 0 Å². The third-order valence-electron chi connectivity index (χ3n) is 2.90. The standard InChI is InChI=1S/C13H12N4O2S2/c1-8-2-3-15-12-11(8)16-13(21-7-10(18)19)17(12)6-9-14-4-5-20-9/h2-5H,6-7H2,1H3,(H,18,19). The quantitative estimate of drug-likeness (QED) is 0.727. The summed E-state index contributed by atoms with van der Waals surface area (Å²) in [6, 6.07) is 1.90. The molecule has 3 aromatic rings. The first-order valence-corrected chi connectivity index (χ1v) is 8.06. The van der Waals surface area contributed by atoms with E-state index in [0.29, 0.717) is 11.7 Å². The normalized spacial score (nSPS) is 11.1. The van der Waals surface area contributed by atoms with Crippen LogP contribution in [0.5, 0.6) is 0 Å². The minimum absolute atomic E-state index is 0.0275. The van der Waals surface area contributed by atoms with Crippen LogP contribution in [-0.4, -0.2) is 36.3 Å². The Kier molecular flexibility index (Phi) is 3.89. The number of hydrogen-bond donors (Lipinski definition) is 1. The molecule has 0 unspecified atom stereocenters. The fourth-order valence-electron chi connectivity index (χ4n) is 1.96. The molecular weight excluding hydrogens is 308 g/mol. The molecule has 0 aromatic carbocycles. The van der Waals surface area contributed by atoms with Gasteiger partial charge in [0.05, 0.1) is 12.3 Å². The Hall–Kier alpha value is -1.93. The van der Waals surface area contributed by atoms with Crippen LogP contribution in [0, 0.1) is 6.92 Å². The predicted octanol–water partition coefficient (Wildman–Crippen LogP) is 2.42. The zero-order chi connectivity index (χ0) is 14.8. The molecule has 21 heavy (non-hydrogen) atoms. The predicted molar refractivity (Wildman–Crippen MR) is 81.8 cm³/mol. The molecule has 0 aliphatic rings. The van der Waals surface area contributed by atoms with Crippen molar-refractivity contribution in [2.24, 2.45) is 0 Å². The first-order chi connectivity index (χ1) is 10.1. The third kappa shape index (κ3) is 2.91. The Morgan fingerprint density at radius 2 is 2.29 bits per heavy atom. The Morgan fingerprint density at radius 3 is 3.00 bits per heavy atom. The van der Waals surface area contributed by atoms with Crippen LogP contribution in [0.3, 0.4) is 0 Å². The molecule has 3 rings (SSSR count). The van der Waals surface area contributed by atoms with Crippen molar-refractivity contribution in [2.45, 2.75) is 18.6 Å². The van der Waals surface area contributed by atoms with Crippen molar-refractivity contribution < 1.29 is 9.90 Å². The maximum atomic E-state index is 10.8. The summed E-state index contributed by atoms with van der Waals surface area (Å²) in [6.45, 7) is 2.52. The largest absolute Gasteiger partial charge is 0.481 e. The Labute approximate surface area is 128 Å². The number of thiazole rings is 1. The van der Waals surface area contributed by atoms with Crippen LogP contribution in [0.2, 0.25) is 0 Å². The molecule has 0 saturated carbocycles. The van der Waals surface area contributed by atoms with Crippen LogP contribution in [0.25, 0.3) is 11.2 Å². The smallest absolute Gasteiger partial charge is 0.313 e. The lowest BCUT2D eigenvalue weighted by Crippen LogP contribution is -2.05. The summed E-state index contributed by atoms with van der Waals surface area (Å²) in [7, 11) is 0. The molecule has 0 amide bonds. The molecule has 0 fully saturated rings. The minimum Gasteiger partial charge on any atom is -0.481 e. The van der Waals surface area contributed by atoms with Gasteiger partial charge in [0.1, 0.15) is 10.5 Å². The second-order valence-electron chi connectivity index (χ2n) is 4.39. The van der Waals surface area contributed by atoms with E-state index >= 15 is 0 Å². The van der Waals surface area contributed by atoms with E-state index < -0.39 is 5.97 Å². The van der Waals surface area contributed by atoms with Gasteiger partial charge in [-0.25, -0.2) is 15.0 Å². The maximum absolute atomic E-state index is 10.8. The molecule has 1 N–H and O–H groups in total. The molecule has 0 saturated heterocycles. The van der Waals surface area contributed by atoms with Crippen molar-refractivity contribution in [2.75, 3.05) is 5.75 Å². The number of hydrogen-bond acceptors (Lipinski definition) is 6. The van der Waals surface area contributed by atoms with Gasteiger partial charge in [-0.15, -0.1) is 11.3 Å². The van der Waals surface area contributed by atoms with Gasteiger partial charge in [0.25, 0.3) is 0 Å². The molecule has 108 valence electrons. The lowest BCUT2D eigenvalue weighted by molar-refractivity contribution is -0.133. The summed E-state index contributed by atoms with van der Waals surface area (Å²) < 4.78 is 1.93. The molecule has 0 bridgehead atoms. The highest BCUT2D eigenvalue weighted by atomic mass is 32.2. The van der Waals surface area contributed by atoms with Crippen LogP contribution in [-0.2, 0) is 11.3 Å². The minimum atomic E-state index is -0.863. The molecule has 0 spiro atoms. The van der Waals surface area contributed by atoms with Gasteiger partial charge < -0.3 is 5.11 Å². The summed E-state index contributed by atoms with van der Waals surface area (Å²) >= 11 is 2.75. The average Bonchev–Trinajstić information content (AvgIpc) is 3.07. The summed E-state index contributed by atoms with van der Waals surface area (Å²) in [5, 5.41) is 12.4. The second kappa shape index (κ2) is 5.82. The second-order valence-corrected chi connectivity index (χ2v) is 6.31. The molecule has 0 aliphatic carbocycles. The molecule has 8 heteroatoms. The Bertz CT molecular complexity index is 783. The van der Waals surface area contributed by atoms with E-state index in [-0.39, 0.29) is 5.75 Å². The number of aromatic nitrogens is 4. The number of imidazole rings is 1. The van der Waals surface area contributed by atoms with E-state index in [1.165, 1.54) is 11.8 Å². The maximum Gasteiger partial charge on any atom is 0.313 e. The fourth-order valence-corrected chi connectivity index (χ4v) is 3.28. The van der Waals surface area contributed by atoms with Crippen molar-refractivity contribution in [3.05, 3.63) is 34.4 Å². The number of nitrogens with zero attached hydrogens (tertiary/aromatic N) is 4. The van der Waals surface area contributed by atoms with Crippen molar-refractivity contribution in [3.63, 3.8) is 0 Å². The van der Waals surface area contributed by atoms with Crippen LogP contribution < -0.4 is 0 Å². The molecule has 0 atom stereocenters. The van der Waals surface area contributed by atoms with E-state index in [0.717, 1.165) is 21.7 Å². The van der Waals surface area contributed by atoms with Gasteiger partial charge >= 0.3 is 5.97 Å². The number of fused-ring (bicyclic) bond motifs is 1. The van der Waals surface area contributed by atoms with Crippen LogP contribution in [0.15, 0.2) is 29.0 Å². The highest BCUT2D eigenvalue weighted by Gasteiger charge is 2.16. The molecular formula is C13H12N4O2S2. The van der Waals surface area contributed by atoms with Gasteiger partial charge in [0, 0.05) is 17.8 Å². The number of carbonyl (C=O) groups is 1. The number of aryl methyl sites for hydroxylation is 1. The van der Waals surface area contributed by atoms with Crippen molar-refractivity contribution >= 4 is 40.2 Å². The summed E-state index contributed by atoms with van der Waals surface area (Å²) in [6.07, 6.45) is 3.49. The first-order valence-electron chi connectivity index (χ1n) is 6.20. The zero-order valence-electron chi connectivity index (χ0n) is 11.2. The van der Waals surface area contributed by atoms with E-state index in [2.05, 4.69) is 15.0 Å². The summed E-state index contributed by atoms with van der Waals surface area (Å²) in [5.74, 6) is -0.891. The molecule has 0 aliphatic heterocycles. The molecule has 6 nitrogen and oxygen atoms in total. The lowest BCUT2D eigenvalue weighted by atomic mass is 10.3. The number of carboxylic acid groups (broad SMARTS) is 1. The van der Waals surface area contributed by atoms with Gasteiger partial charge in [-0.3, -0.25) is 9.36 Å². The summed E-state index contributed by atoms with van der Waals surface area (Å²) in [4.78, 5) is 24.0. The molecule has 3 heterocycles. The van der Waals surface area contributed by atoms with E-state index in [4.69, 9.17) is 5.11 Å². The van der Waals surface area contributed by atoms with Gasteiger partial charge in [0.15, 0.2) is 10.8 Å². The van der Waals surface area contributed by atoms with Crippen molar-refractivity contribution in [3.8, 4) is 0 Å². The topological polar surface area (TPSA) is 80.9 Å². The number of rotatable bonds is 5. The number of aliphatic carboxylic acids is 1. The third-order valence-corrected chi connectivity index (χ3v) is 4.63. The van der Waals surface area contributed by atoms with Gasteiger partial charge in [-0.1, -0.05) is 11.8 Å². The fraction of sp³-hybridized carbons (Fsp3) is 0.231. The number of carboxylic acids is 1. The van der Waals surface area contributed by atoms with Crippen LogP contribution in [0.1, 0.15) is 10.6 Å². The Balaban J connectivity index is 2.06. The van der Waals surface area contributed by atoms with Crippen LogP contribution >= 0.6 is 23.1 Å².